The number of aliphatic hydroxyl groups excluding tert-OH is 1. The van der Waals surface area contributed by atoms with E-state index >= 15 is 0 Å². The summed E-state index contributed by atoms with van der Waals surface area (Å²) in [6.45, 7) is 0.471. The molecule has 1 N–H and O–H groups in total. The molecule has 8 nitrogen and oxygen atoms in total. The number of fused-ring (bicyclic) bond motifs is 3. The van der Waals surface area contributed by atoms with Crippen molar-refractivity contribution in [3.8, 4) is 23.0 Å². The van der Waals surface area contributed by atoms with Crippen molar-refractivity contribution in [3.05, 3.63) is 46.5 Å². The summed E-state index contributed by atoms with van der Waals surface area (Å²) in [5.41, 5.74) is 3.22. The topological polar surface area (TPSA) is 92.7 Å². The Balaban J connectivity index is 1.74. The highest BCUT2D eigenvalue weighted by molar-refractivity contribution is 5.78. The molecule has 4 unspecified atom stereocenters. The molecule has 0 spiro atoms. The number of cyclic esters (lactones) is 1. The third kappa shape index (κ3) is 2.64. The Morgan fingerprint density at radius 2 is 1.73 bits per heavy atom. The molecule has 2 aromatic carbocycles. The molecule has 2 aromatic rings. The summed E-state index contributed by atoms with van der Waals surface area (Å²) in [6, 6.07) is 7.43. The van der Waals surface area contributed by atoms with Crippen LogP contribution in [0.15, 0.2) is 24.3 Å². The molecule has 0 aromatic heterocycles. The van der Waals surface area contributed by atoms with Crippen LogP contribution in [0.3, 0.4) is 0 Å². The van der Waals surface area contributed by atoms with Gasteiger partial charge in [-0.3, -0.25) is 4.79 Å². The first-order chi connectivity index (χ1) is 14.6. The predicted octanol–water partition coefficient (Wildman–Crippen LogP) is 2.50. The van der Waals surface area contributed by atoms with Gasteiger partial charge in [0.1, 0.15) is 6.61 Å². The highest BCUT2D eigenvalue weighted by Crippen LogP contribution is 2.54. The van der Waals surface area contributed by atoms with Gasteiger partial charge in [0.2, 0.25) is 5.75 Å². The molecule has 30 heavy (non-hydrogen) atoms. The maximum atomic E-state index is 12.7. The molecule has 1 fully saturated rings. The highest BCUT2D eigenvalue weighted by Gasteiger charge is 2.52. The number of rotatable bonds is 4. The predicted molar refractivity (Wildman–Crippen MR) is 103 cm³/mol. The molecule has 2 aliphatic heterocycles. The first kappa shape index (κ1) is 19.0. The number of ether oxygens (including phenoxy) is 4. The summed E-state index contributed by atoms with van der Waals surface area (Å²) in [7, 11) is 4.64. The molecule has 3 aliphatic rings. The van der Waals surface area contributed by atoms with Gasteiger partial charge in [-0.25, -0.2) is 0 Å². The van der Waals surface area contributed by atoms with Gasteiger partial charge < -0.3 is 28.9 Å². The lowest BCUT2D eigenvalue weighted by Gasteiger charge is -2.37. The van der Waals surface area contributed by atoms with E-state index in [1.54, 1.807) is 27.4 Å². The number of carbonyl (C=O) groups excluding carboxylic acids is 1. The second-order valence-corrected chi connectivity index (χ2v) is 7.64. The zero-order chi connectivity index (χ0) is 21.0. The SMILES string of the molecule is COc1cc(C2c3cc4c(cc3C(O)C3COC(=O)C23)OOC4)cc(OC)c1OC. The molecule has 2 heterocycles. The van der Waals surface area contributed by atoms with Crippen LogP contribution >= 0.6 is 0 Å². The fourth-order valence-corrected chi connectivity index (χ4v) is 4.85. The summed E-state index contributed by atoms with van der Waals surface area (Å²) in [5, 5.41) is 11.0. The fourth-order valence-electron chi connectivity index (χ4n) is 4.85. The highest BCUT2D eigenvalue weighted by atomic mass is 17.2. The van der Waals surface area contributed by atoms with Crippen molar-refractivity contribution in [2.45, 2.75) is 18.6 Å². The van der Waals surface area contributed by atoms with Crippen LogP contribution in [0.4, 0.5) is 0 Å². The minimum absolute atomic E-state index is 0.166. The van der Waals surface area contributed by atoms with Crippen LogP contribution in [0.25, 0.3) is 0 Å². The van der Waals surface area contributed by atoms with Crippen LogP contribution in [0.1, 0.15) is 34.3 Å². The Hall–Kier alpha value is -2.97. The second-order valence-electron chi connectivity index (χ2n) is 7.64. The van der Waals surface area contributed by atoms with E-state index in [-0.39, 0.29) is 24.4 Å². The number of hydrogen-bond acceptors (Lipinski definition) is 8. The lowest BCUT2D eigenvalue weighted by atomic mass is 9.66. The Morgan fingerprint density at radius 1 is 1.00 bits per heavy atom. The normalized spacial score (nSPS) is 26.2. The number of esters is 1. The van der Waals surface area contributed by atoms with Gasteiger partial charge in [0.25, 0.3) is 0 Å². The lowest BCUT2D eigenvalue weighted by molar-refractivity contribution is -0.194. The molecule has 5 rings (SSSR count). The van der Waals surface area contributed by atoms with E-state index in [1.165, 1.54) is 0 Å². The van der Waals surface area contributed by atoms with Crippen molar-refractivity contribution < 1.29 is 38.6 Å². The van der Waals surface area contributed by atoms with Crippen molar-refractivity contribution in [1.29, 1.82) is 0 Å². The van der Waals surface area contributed by atoms with Crippen LogP contribution in [0.2, 0.25) is 0 Å². The summed E-state index contributed by atoms with van der Waals surface area (Å²) < 4.78 is 21.9. The van der Waals surface area contributed by atoms with Crippen molar-refractivity contribution in [2.75, 3.05) is 27.9 Å². The van der Waals surface area contributed by atoms with E-state index in [4.69, 9.17) is 28.7 Å². The standard InChI is InChI=1S/C22H22O8/c1-25-16-5-10(6-17(26-2)21(16)27-3)18-12-4-11-8-29-30-15(11)7-13(12)20(23)14-9-28-22(24)19(14)18/h4-7,14,18-20,23H,8-9H2,1-3H3. The zero-order valence-electron chi connectivity index (χ0n) is 16.8. The summed E-state index contributed by atoms with van der Waals surface area (Å²) in [5.74, 6) is 0.470. The first-order valence-electron chi connectivity index (χ1n) is 9.68. The Morgan fingerprint density at radius 3 is 2.40 bits per heavy atom. The smallest absolute Gasteiger partial charge is 0.310 e. The number of methoxy groups -OCH3 is 3. The zero-order valence-corrected chi connectivity index (χ0v) is 16.8. The van der Waals surface area contributed by atoms with Gasteiger partial charge in [0.05, 0.1) is 40.0 Å². The third-order valence-corrected chi connectivity index (χ3v) is 6.25. The van der Waals surface area contributed by atoms with Gasteiger partial charge in [-0.1, -0.05) is 0 Å². The molecular formula is C22H22O8. The molecule has 4 atom stereocenters. The quantitative estimate of drug-likeness (QED) is 0.603. The van der Waals surface area contributed by atoms with E-state index in [0.29, 0.717) is 35.2 Å². The van der Waals surface area contributed by atoms with Gasteiger partial charge in [-0.15, -0.1) is 0 Å². The molecule has 0 bridgehead atoms. The molecule has 158 valence electrons. The Kier molecular flexibility index (Phi) is 4.48. The number of carbonyl (C=O) groups is 1. The average Bonchev–Trinajstić information content (AvgIpc) is 3.38. The Labute approximate surface area is 173 Å². The summed E-state index contributed by atoms with van der Waals surface area (Å²) in [4.78, 5) is 23.1. The molecule has 8 heteroatoms. The van der Waals surface area contributed by atoms with Crippen molar-refractivity contribution in [3.63, 3.8) is 0 Å². The van der Waals surface area contributed by atoms with Crippen LogP contribution < -0.4 is 19.1 Å². The molecule has 0 radical (unpaired) electrons. The molecule has 0 saturated carbocycles. The summed E-state index contributed by atoms with van der Waals surface area (Å²) in [6.07, 6.45) is -0.843. The average molecular weight is 414 g/mol. The summed E-state index contributed by atoms with van der Waals surface area (Å²) >= 11 is 0. The Bertz CT molecular complexity index is 991. The van der Waals surface area contributed by atoms with Crippen LogP contribution in [-0.4, -0.2) is 39.0 Å². The molecule has 0 amide bonds. The molecule has 1 aliphatic carbocycles. The number of hydrogen-bond donors (Lipinski definition) is 1. The van der Waals surface area contributed by atoms with Crippen molar-refractivity contribution in [1.82, 2.24) is 0 Å². The van der Waals surface area contributed by atoms with Crippen LogP contribution in [0.5, 0.6) is 23.0 Å². The van der Waals surface area contributed by atoms with Gasteiger partial charge in [-0.2, -0.15) is 4.89 Å². The monoisotopic (exact) mass is 414 g/mol. The van der Waals surface area contributed by atoms with E-state index in [0.717, 1.165) is 16.7 Å². The second kappa shape index (κ2) is 7.07. The minimum Gasteiger partial charge on any atom is -0.493 e. The minimum atomic E-state index is -0.843. The van der Waals surface area contributed by atoms with E-state index in [1.807, 2.05) is 18.2 Å². The van der Waals surface area contributed by atoms with E-state index in [9.17, 15) is 9.90 Å². The third-order valence-electron chi connectivity index (χ3n) is 6.25. The van der Waals surface area contributed by atoms with Gasteiger partial charge >= 0.3 is 5.97 Å². The van der Waals surface area contributed by atoms with Crippen molar-refractivity contribution >= 4 is 5.97 Å². The van der Waals surface area contributed by atoms with Crippen molar-refractivity contribution in [2.24, 2.45) is 11.8 Å². The van der Waals surface area contributed by atoms with E-state index in [2.05, 4.69) is 0 Å². The van der Waals surface area contributed by atoms with Crippen LogP contribution in [0, 0.1) is 11.8 Å². The number of benzene rings is 2. The fraction of sp³-hybridized carbons (Fsp3) is 0.409. The van der Waals surface area contributed by atoms with Crippen LogP contribution in [-0.2, 0) is 21.0 Å². The maximum absolute atomic E-state index is 12.7. The van der Waals surface area contributed by atoms with Gasteiger partial charge in [-0.05, 0) is 41.0 Å². The van der Waals surface area contributed by atoms with E-state index < -0.39 is 12.0 Å². The first-order valence-corrected chi connectivity index (χ1v) is 9.68. The van der Waals surface area contributed by atoms with Gasteiger partial charge in [0.15, 0.2) is 17.2 Å². The number of aliphatic hydroxyl groups is 1. The van der Waals surface area contributed by atoms with Gasteiger partial charge in [0, 0.05) is 17.4 Å². The molecular weight excluding hydrogens is 392 g/mol. The maximum Gasteiger partial charge on any atom is 0.310 e. The largest absolute Gasteiger partial charge is 0.493 e. The molecule has 1 saturated heterocycles. The lowest BCUT2D eigenvalue weighted by Crippen LogP contribution is -2.34.